The molecule has 2 N–H and O–H groups in total. The van der Waals surface area contributed by atoms with Gasteiger partial charge in [-0.15, -0.1) is 0 Å². The maximum Gasteiger partial charge on any atom is 0.271 e. The summed E-state index contributed by atoms with van der Waals surface area (Å²) in [5.74, 6) is 0.401. The molecule has 0 radical (unpaired) electrons. The Kier molecular flexibility index (Phi) is 7.24. The van der Waals surface area contributed by atoms with E-state index in [-0.39, 0.29) is 17.5 Å². The zero-order valence-electron chi connectivity index (χ0n) is 18.5. The Balaban J connectivity index is 1.24. The fraction of sp³-hybridized carbons (Fsp3) is 0.333. The minimum atomic E-state index is -0.353. The number of benzene rings is 1. The number of piperidine rings is 1. The van der Waals surface area contributed by atoms with Gasteiger partial charge in [0.05, 0.1) is 10.6 Å². The highest BCUT2D eigenvalue weighted by Gasteiger charge is 2.20. The normalized spacial score (nSPS) is 14.2. The molecule has 0 saturated carbocycles. The van der Waals surface area contributed by atoms with Crippen molar-refractivity contribution in [2.24, 2.45) is 13.0 Å². The highest BCUT2D eigenvalue weighted by Crippen LogP contribution is 2.24. The van der Waals surface area contributed by atoms with Gasteiger partial charge in [-0.1, -0.05) is 23.7 Å². The average Bonchev–Trinajstić information content (AvgIpc) is 3.20. The third-order valence-electron chi connectivity index (χ3n) is 5.95. The maximum absolute atomic E-state index is 12.6. The van der Waals surface area contributed by atoms with Crippen LogP contribution in [-0.2, 0) is 7.05 Å². The summed E-state index contributed by atoms with van der Waals surface area (Å²) in [5, 5.41) is 10.3. The lowest BCUT2D eigenvalue weighted by atomic mass is 9.93. The summed E-state index contributed by atoms with van der Waals surface area (Å²) >= 11 is 6.09. The molecule has 2 aromatic heterocycles. The third kappa shape index (κ3) is 5.70. The van der Waals surface area contributed by atoms with Crippen molar-refractivity contribution in [2.45, 2.75) is 19.3 Å². The van der Waals surface area contributed by atoms with Crippen LogP contribution in [0.1, 0.15) is 40.1 Å². The second kappa shape index (κ2) is 10.5. The van der Waals surface area contributed by atoms with Crippen molar-refractivity contribution in [1.29, 1.82) is 0 Å². The number of nitrogens with one attached hydrogen (secondary N) is 2. The number of carbonyl (C=O) groups excluding carboxylic acids is 2. The van der Waals surface area contributed by atoms with Gasteiger partial charge in [-0.3, -0.25) is 19.3 Å². The lowest BCUT2D eigenvalue weighted by molar-refractivity contribution is 0.0944. The number of nitrogens with zero attached hydrogens (tertiary/aromatic N) is 4. The second-order valence-electron chi connectivity index (χ2n) is 8.15. The summed E-state index contributed by atoms with van der Waals surface area (Å²) in [6, 6.07) is 12.4. The number of hydrogen-bond donors (Lipinski definition) is 2. The quantitative estimate of drug-likeness (QED) is 0.553. The summed E-state index contributed by atoms with van der Waals surface area (Å²) in [4.78, 5) is 31.5. The highest BCUT2D eigenvalue weighted by molar-refractivity contribution is 6.34. The molecule has 3 heterocycles. The van der Waals surface area contributed by atoms with Crippen molar-refractivity contribution in [1.82, 2.24) is 20.1 Å². The number of aromatic nitrogens is 3. The first-order chi connectivity index (χ1) is 16.0. The molecule has 1 fully saturated rings. The summed E-state index contributed by atoms with van der Waals surface area (Å²) in [6.45, 7) is 2.62. The van der Waals surface area contributed by atoms with Crippen LogP contribution in [0.4, 0.5) is 11.5 Å². The number of halogens is 1. The van der Waals surface area contributed by atoms with Crippen LogP contribution in [0, 0.1) is 5.92 Å². The van der Waals surface area contributed by atoms with Gasteiger partial charge in [0.2, 0.25) is 0 Å². The first-order valence-corrected chi connectivity index (χ1v) is 11.4. The number of rotatable bonds is 7. The largest absolute Gasteiger partial charge is 0.371 e. The minimum absolute atomic E-state index is 0.252. The summed E-state index contributed by atoms with van der Waals surface area (Å²) in [7, 11) is 1.68. The van der Waals surface area contributed by atoms with Gasteiger partial charge in [0.15, 0.2) is 5.69 Å². The molecule has 1 saturated heterocycles. The molecular weight excluding hydrogens is 440 g/mol. The van der Waals surface area contributed by atoms with Crippen LogP contribution < -0.4 is 15.5 Å². The summed E-state index contributed by atoms with van der Waals surface area (Å²) in [6.07, 6.45) is 6.77. The molecule has 4 rings (SSSR count). The fourth-order valence-electron chi connectivity index (χ4n) is 4.04. The molecule has 0 atom stereocenters. The molecule has 2 amide bonds. The van der Waals surface area contributed by atoms with Gasteiger partial charge in [-0.05, 0) is 49.4 Å². The predicted molar refractivity (Wildman–Crippen MR) is 129 cm³/mol. The van der Waals surface area contributed by atoms with Gasteiger partial charge in [0, 0.05) is 50.8 Å². The van der Waals surface area contributed by atoms with E-state index in [0.29, 0.717) is 28.9 Å². The molecule has 9 heteroatoms. The van der Waals surface area contributed by atoms with Gasteiger partial charge in [0.25, 0.3) is 11.8 Å². The molecule has 0 spiro atoms. The lowest BCUT2D eigenvalue weighted by Gasteiger charge is -2.33. The molecule has 33 heavy (non-hydrogen) atoms. The van der Waals surface area contributed by atoms with Gasteiger partial charge in [0.1, 0.15) is 5.82 Å². The van der Waals surface area contributed by atoms with Crippen molar-refractivity contribution >= 4 is 34.9 Å². The Morgan fingerprint density at radius 1 is 1.09 bits per heavy atom. The van der Waals surface area contributed by atoms with Crippen LogP contribution in [0.5, 0.6) is 0 Å². The van der Waals surface area contributed by atoms with Crippen molar-refractivity contribution in [3.63, 3.8) is 0 Å². The van der Waals surface area contributed by atoms with Crippen LogP contribution in [0.2, 0.25) is 5.02 Å². The van der Waals surface area contributed by atoms with E-state index >= 15 is 0 Å². The number of carbonyl (C=O) groups is 2. The smallest absolute Gasteiger partial charge is 0.271 e. The third-order valence-corrected chi connectivity index (χ3v) is 6.28. The predicted octanol–water partition coefficient (Wildman–Crippen LogP) is 3.76. The number of amides is 2. The van der Waals surface area contributed by atoms with E-state index in [9.17, 15) is 9.59 Å². The summed E-state index contributed by atoms with van der Waals surface area (Å²) < 4.78 is 1.47. The molecule has 0 aliphatic carbocycles. The first kappa shape index (κ1) is 22.8. The Morgan fingerprint density at radius 2 is 1.82 bits per heavy atom. The summed E-state index contributed by atoms with van der Waals surface area (Å²) in [5.41, 5.74) is 1.84. The van der Waals surface area contributed by atoms with Crippen LogP contribution in [0.3, 0.4) is 0 Å². The molecular formula is C24H27ClN6O2. The highest BCUT2D eigenvalue weighted by atomic mass is 35.5. The van der Waals surface area contributed by atoms with E-state index in [1.165, 1.54) is 10.4 Å². The Morgan fingerprint density at radius 3 is 2.55 bits per heavy atom. The molecule has 1 aromatic carbocycles. The van der Waals surface area contributed by atoms with Crippen LogP contribution in [0.25, 0.3) is 0 Å². The molecule has 0 unspecified atom stereocenters. The van der Waals surface area contributed by atoms with Gasteiger partial charge in [-0.25, -0.2) is 0 Å². The number of hydrogen-bond acceptors (Lipinski definition) is 5. The Labute approximate surface area is 198 Å². The van der Waals surface area contributed by atoms with E-state index in [2.05, 4.69) is 25.6 Å². The lowest BCUT2D eigenvalue weighted by Crippen LogP contribution is -2.35. The topological polar surface area (TPSA) is 92.2 Å². The molecule has 1 aliphatic heterocycles. The average molecular weight is 467 g/mol. The van der Waals surface area contributed by atoms with E-state index in [0.717, 1.165) is 32.4 Å². The SMILES string of the molecule is Cn1nc(C(=O)NCCC2CCN(c3ccncc3)CC2)cc1NC(=O)c1ccccc1Cl. The van der Waals surface area contributed by atoms with Crippen LogP contribution in [0.15, 0.2) is 54.9 Å². The zero-order valence-corrected chi connectivity index (χ0v) is 19.3. The molecule has 172 valence electrons. The minimum Gasteiger partial charge on any atom is -0.371 e. The standard InChI is InChI=1S/C24H27ClN6O2/c1-30-22(28-23(32)19-4-2-3-5-20(19)25)16-21(29-30)24(33)27-13-6-17-9-14-31(15-10-17)18-7-11-26-12-8-18/h2-5,7-8,11-12,16-17H,6,9-10,13-15H2,1H3,(H,27,33)(H,28,32). The van der Waals surface area contributed by atoms with Crippen molar-refractivity contribution in [3.8, 4) is 0 Å². The van der Waals surface area contributed by atoms with Crippen molar-refractivity contribution in [2.75, 3.05) is 29.9 Å². The van der Waals surface area contributed by atoms with E-state index in [1.54, 1.807) is 37.4 Å². The number of pyridine rings is 1. The molecule has 8 nitrogen and oxygen atoms in total. The van der Waals surface area contributed by atoms with Gasteiger partial charge < -0.3 is 15.5 Å². The Hall–Kier alpha value is -3.39. The maximum atomic E-state index is 12.6. The van der Waals surface area contributed by atoms with E-state index in [1.807, 2.05) is 24.5 Å². The second-order valence-corrected chi connectivity index (χ2v) is 8.56. The number of anilines is 2. The first-order valence-electron chi connectivity index (χ1n) is 11.0. The van der Waals surface area contributed by atoms with Gasteiger partial charge in [-0.2, -0.15) is 5.10 Å². The molecule has 1 aliphatic rings. The van der Waals surface area contributed by atoms with Gasteiger partial charge >= 0.3 is 0 Å². The number of aryl methyl sites for hydroxylation is 1. The zero-order chi connectivity index (χ0) is 23.2. The monoisotopic (exact) mass is 466 g/mol. The van der Waals surface area contributed by atoms with Crippen LogP contribution in [-0.4, -0.2) is 46.2 Å². The van der Waals surface area contributed by atoms with Crippen molar-refractivity contribution in [3.05, 3.63) is 71.1 Å². The van der Waals surface area contributed by atoms with Crippen LogP contribution >= 0.6 is 11.6 Å². The fourth-order valence-corrected chi connectivity index (χ4v) is 4.26. The Bertz CT molecular complexity index is 1110. The van der Waals surface area contributed by atoms with E-state index < -0.39 is 0 Å². The molecule has 0 bridgehead atoms. The van der Waals surface area contributed by atoms with Crippen molar-refractivity contribution < 1.29 is 9.59 Å². The van der Waals surface area contributed by atoms with E-state index in [4.69, 9.17) is 11.6 Å². The molecule has 3 aromatic rings.